The van der Waals surface area contributed by atoms with E-state index in [1.165, 1.54) is 5.56 Å². The highest BCUT2D eigenvalue weighted by molar-refractivity contribution is 6.42. The maximum absolute atomic E-state index is 13.3. The van der Waals surface area contributed by atoms with Gasteiger partial charge in [-0.25, -0.2) is 0 Å². The minimum absolute atomic E-state index is 0.0361. The van der Waals surface area contributed by atoms with Gasteiger partial charge in [-0.1, -0.05) is 65.7 Å². The van der Waals surface area contributed by atoms with Crippen LogP contribution in [0.15, 0.2) is 48.5 Å². The summed E-state index contributed by atoms with van der Waals surface area (Å²) < 4.78 is 5.21. The normalized spacial score (nSPS) is 20.1. The molecule has 0 saturated heterocycles. The first kappa shape index (κ1) is 21.9. The zero-order valence-electron chi connectivity index (χ0n) is 16.6. The largest absolute Gasteiger partial charge is 0.465 e. The molecule has 0 N–H and O–H groups in total. The van der Waals surface area contributed by atoms with E-state index in [2.05, 4.69) is 24.3 Å². The first-order valence-corrected chi connectivity index (χ1v) is 10.9. The van der Waals surface area contributed by atoms with Crippen molar-refractivity contribution < 1.29 is 14.3 Å². The Labute approximate surface area is 182 Å². The molecule has 1 atom stereocenters. The van der Waals surface area contributed by atoms with Gasteiger partial charge in [0.2, 0.25) is 0 Å². The van der Waals surface area contributed by atoms with Gasteiger partial charge in [-0.15, -0.1) is 0 Å². The predicted octanol–water partition coefficient (Wildman–Crippen LogP) is 6.26. The Morgan fingerprint density at radius 3 is 2.34 bits per heavy atom. The second-order valence-corrected chi connectivity index (χ2v) is 8.37. The third-order valence-electron chi connectivity index (χ3n) is 5.77. The van der Waals surface area contributed by atoms with E-state index in [0.29, 0.717) is 21.5 Å². The van der Waals surface area contributed by atoms with Crippen LogP contribution < -0.4 is 0 Å². The van der Waals surface area contributed by atoms with E-state index in [-0.39, 0.29) is 24.7 Å². The zero-order chi connectivity index (χ0) is 20.8. The lowest BCUT2D eigenvalue weighted by molar-refractivity contribution is -0.152. The van der Waals surface area contributed by atoms with E-state index in [0.717, 1.165) is 25.7 Å². The van der Waals surface area contributed by atoms with Gasteiger partial charge in [0.15, 0.2) is 5.78 Å². The summed E-state index contributed by atoms with van der Waals surface area (Å²) in [7, 11) is 0. The van der Waals surface area contributed by atoms with Crippen LogP contribution in [0.1, 0.15) is 49.7 Å². The number of ketones is 1. The molecule has 1 fully saturated rings. The van der Waals surface area contributed by atoms with Crippen molar-refractivity contribution in [3.05, 3.63) is 69.7 Å². The highest BCUT2D eigenvalue weighted by Gasteiger charge is 2.36. The van der Waals surface area contributed by atoms with E-state index < -0.39 is 11.9 Å². The summed E-state index contributed by atoms with van der Waals surface area (Å²) in [5, 5.41) is 0.812. The van der Waals surface area contributed by atoms with Gasteiger partial charge in [0.1, 0.15) is 5.92 Å². The average Bonchev–Trinajstić information content (AvgIpc) is 2.75. The summed E-state index contributed by atoms with van der Waals surface area (Å²) >= 11 is 12.4. The van der Waals surface area contributed by atoms with E-state index in [9.17, 15) is 9.59 Å². The van der Waals surface area contributed by atoms with Crippen molar-refractivity contribution in [2.75, 3.05) is 6.61 Å². The lowest BCUT2D eigenvalue weighted by Crippen LogP contribution is -2.34. The molecule has 3 rings (SSSR count). The molecule has 0 spiro atoms. The number of hydrogen-bond acceptors (Lipinski definition) is 3. The van der Waals surface area contributed by atoms with Crippen LogP contribution in [0.5, 0.6) is 0 Å². The summed E-state index contributed by atoms with van der Waals surface area (Å²) in [4.78, 5) is 25.9. The van der Waals surface area contributed by atoms with Gasteiger partial charge < -0.3 is 4.74 Å². The standard InChI is InChI=1S/C24H26Cl2O3/c1-2-29-24(28)20(15-19-9-6-10-21(25)22(19)26)23(27)18-13-11-17(12-14-18)16-7-4-3-5-8-16/h3-10,17-18,20H,2,11-15H2,1H3. The number of carbonyl (C=O) groups is 2. The van der Waals surface area contributed by atoms with Gasteiger partial charge in [-0.05, 0) is 62.1 Å². The third kappa shape index (κ3) is 5.40. The van der Waals surface area contributed by atoms with Crippen LogP contribution in [0.25, 0.3) is 0 Å². The summed E-state index contributed by atoms with van der Waals surface area (Å²) in [5.41, 5.74) is 2.02. The Bertz CT molecular complexity index is 842. The van der Waals surface area contributed by atoms with Gasteiger partial charge in [0, 0.05) is 5.92 Å². The Hall–Kier alpha value is -1.84. The van der Waals surface area contributed by atoms with Crippen LogP contribution >= 0.6 is 23.2 Å². The van der Waals surface area contributed by atoms with E-state index >= 15 is 0 Å². The molecular weight excluding hydrogens is 407 g/mol. The van der Waals surface area contributed by atoms with Crippen molar-refractivity contribution in [3.8, 4) is 0 Å². The molecule has 29 heavy (non-hydrogen) atoms. The van der Waals surface area contributed by atoms with E-state index in [1.54, 1.807) is 25.1 Å². The molecule has 1 aliphatic rings. The van der Waals surface area contributed by atoms with E-state index in [1.807, 2.05) is 6.07 Å². The van der Waals surface area contributed by atoms with Crippen LogP contribution in [-0.2, 0) is 20.7 Å². The molecule has 154 valence electrons. The van der Waals surface area contributed by atoms with Crippen molar-refractivity contribution >= 4 is 35.0 Å². The molecule has 1 unspecified atom stereocenters. The molecule has 0 heterocycles. The highest BCUT2D eigenvalue weighted by Crippen LogP contribution is 2.38. The SMILES string of the molecule is CCOC(=O)C(Cc1cccc(Cl)c1Cl)C(=O)C1CCC(c2ccccc2)CC1. The van der Waals surface area contributed by atoms with Gasteiger partial charge in [0.05, 0.1) is 16.7 Å². The van der Waals surface area contributed by atoms with Crippen molar-refractivity contribution in [2.24, 2.45) is 11.8 Å². The smallest absolute Gasteiger partial charge is 0.316 e. The minimum atomic E-state index is -0.843. The molecule has 3 nitrogen and oxygen atoms in total. The Balaban J connectivity index is 1.72. The Morgan fingerprint density at radius 2 is 1.69 bits per heavy atom. The predicted molar refractivity (Wildman–Crippen MR) is 116 cm³/mol. The molecule has 0 bridgehead atoms. The lowest BCUT2D eigenvalue weighted by Gasteiger charge is -2.30. The van der Waals surface area contributed by atoms with Gasteiger partial charge in [0.25, 0.3) is 0 Å². The molecule has 1 saturated carbocycles. The maximum Gasteiger partial charge on any atom is 0.316 e. The van der Waals surface area contributed by atoms with Crippen molar-refractivity contribution in [1.29, 1.82) is 0 Å². The van der Waals surface area contributed by atoms with Gasteiger partial charge in [-0.2, -0.15) is 0 Å². The number of carbonyl (C=O) groups excluding carboxylic acids is 2. The Morgan fingerprint density at radius 1 is 1.00 bits per heavy atom. The summed E-state index contributed by atoms with van der Waals surface area (Å²) in [5.74, 6) is -1.00. The molecule has 0 amide bonds. The zero-order valence-corrected chi connectivity index (χ0v) is 18.1. The van der Waals surface area contributed by atoms with Crippen molar-refractivity contribution in [2.45, 2.75) is 44.9 Å². The number of ether oxygens (including phenoxy) is 1. The molecule has 0 aromatic heterocycles. The third-order valence-corrected chi connectivity index (χ3v) is 6.63. The Kier molecular flexibility index (Phi) is 7.74. The number of rotatable bonds is 7. The van der Waals surface area contributed by atoms with Gasteiger partial charge in [-0.3, -0.25) is 9.59 Å². The fourth-order valence-corrected chi connectivity index (χ4v) is 4.59. The van der Waals surface area contributed by atoms with Crippen LogP contribution in [0, 0.1) is 11.8 Å². The average molecular weight is 433 g/mol. The second-order valence-electron chi connectivity index (χ2n) is 7.58. The summed E-state index contributed by atoms with van der Waals surface area (Å²) in [6.45, 7) is 1.99. The molecule has 1 aliphatic carbocycles. The molecule has 5 heteroatoms. The fourth-order valence-electron chi connectivity index (χ4n) is 4.19. The summed E-state index contributed by atoms with van der Waals surface area (Å²) in [6, 6.07) is 15.7. The second kappa shape index (κ2) is 10.3. The molecule has 2 aromatic carbocycles. The number of hydrogen-bond donors (Lipinski definition) is 0. The van der Waals surface area contributed by atoms with Crippen LogP contribution in [0.3, 0.4) is 0 Å². The molecule has 0 radical (unpaired) electrons. The van der Waals surface area contributed by atoms with Gasteiger partial charge >= 0.3 is 5.97 Å². The molecule has 0 aliphatic heterocycles. The minimum Gasteiger partial charge on any atom is -0.465 e. The quantitative estimate of drug-likeness (QED) is 0.383. The number of Topliss-reactive ketones (excluding diaryl/α,β-unsaturated/α-hetero) is 1. The topological polar surface area (TPSA) is 43.4 Å². The molecular formula is C24H26Cl2O3. The fraction of sp³-hybridized carbons (Fsp3) is 0.417. The lowest BCUT2D eigenvalue weighted by atomic mass is 9.74. The highest BCUT2D eigenvalue weighted by atomic mass is 35.5. The number of benzene rings is 2. The first-order valence-electron chi connectivity index (χ1n) is 10.2. The molecule has 2 aromatic rings. The van der Waals surface area contributed by atoms with Crippen molar-refractivity contribution in [3.63, 3.8) is 0 Å². The maximum atomic E-state index is 13.3. The summed E-state index contributed by atoms with van der Waals surface area (Å²) in [6.07, 6.45) is 3.70. The van der Waals surface area contributed by atoms with E-state index in [4.69, 9.17) is 27.9 Å². The van der Waals surface area contributed by atoms with Crippen molar-refractivity contribution in [1.82, 2.24) is 0 Å². The monoisotopic (exact) mass is 432 g/mol. The van der Waals surface area contributed by atoms with Crippen LogP contribution in [0.2, 0.25) is 10.0 Å². The number of esters is 1. The first-order chi connectivity index (χ1) is 14.0. The number of halogens is 2. The van der Waals surface area contributed by atoms with Crippen LogP contribution in [-0.4, -0.2) is 18.4 Å². The van der Waals surface area contributed by atoms with Crippen LogP contribution in [0.4, 0.5) is 0 Å².